The van der Waals surface area contributed by atoms with Crippen molar-refractivity contribution in [1.82, 2.24) is 19.6 Å². The number of aryl methyl sites for hydroxylation is 1. The second kappa shape index (κ2) is 9.26. The van der Waals surface area contributed by atoms with Gasteiger partial charge in [-0.2, -0.15) is 10.2 Å². The summed E-state index contributed by atoms with van der Waals surface area (Å²) in [5.74, 6) is -0.301. The van der Waals surface area contributed by atoms with Crippen LogP contribution >= 0.6 is 27.5 Å². The molecule has 0 spiro atoms. The minimum atomic E-state index is -0.397. The van der Waals surface area contributed by atoms with Crippen molar-refractivity contribution in [2.75, 3.05) is 5.32 Å². The normalized spacial score (nSPS) is 11.0. The smallest absolute Gasteiger partial charge is 0.256 e. The summed E-state index contributed by atoms with van der Waals surface area (Å²) in [5, 5.41) is 11.9. The quantitative estimate of drug-likeness (QED) is 0.363. The lowest BCUT2D eigenvalue weighted by molar-refractivity contribution is 0.102. The molecule has 1 amide bonds. The molecule has 0 aliphatic rings. The molecule has 2 heterocycles. The van der Waals surface area contributed by atoms with Gasteiger partial charge < -0.3 is 5.32 Å². The highest BCUT2D eigenvalue weighted by Crippen LogP contribution is 2.22. The van der Waals surface area contributed by atoms with Gasteiger partial charge in [-0.1, -0.05) is 29.8 Å². The first-order chi connectivity index (χ1) is 15.3. The van der Waals surface area contributed by atoms with Crippen molar-refractivity contribution in [2.24, 2.45) is 0 Å². The predicted molar refractivity (Wildman–Crippen MR) is 126 cm³/mol. The first-order valence-electron chi connectivity index (χ1n) is 9.88. The summed E-state index contributed by atoms with van der Waals surface area (Å²) in [4.78, 5) is 12.6. The van der Waals surface area contributed by atoms with Gasteiger partial charge in [0.2, 0.25) is 0 Å². The van der Waals surface area contributed by atoms with E-state index >= 15 is 0 Å². The third-order valence-corrected chi connectivity index (χ3v) is 6.61. The number of nitrogens with one attached hydrogen (secondary N) is 1. The van der Waals surface area contributed by atoms with Crippen molar-refractivity contribution in [3.63, 3.8) is 0 Å². The van der Waals surface area contributed by atoms with Gasteiger partial charge in [-0.3, -0.25) is 14.2 Å². The highest BCUT2D eigenvalue weighted by Gasteiger charge is 2.12. The fraction of sp³-hybridized carbons (Fsp3) is 0.174. The molecule has 0 saturated heterocycles. The van der Waals surface area contributed by atoms with E-state index < -0.39 is 5.82 Å². The van der Waals surface area contributed by atoms with Gasteiger partial charge >= 0.3 is 0 Å². The molecule has 0 bridgehead atoms. The molecule has 1 N–H and O–H groups in total. The molecule has 32 heavy (non-hydrogen) atoms. The Hall–Kier alpha value is -2.97. The molecule has 2 aromatic heterocycles. The number of hydrogen-bond donors (Lipinski definition) is 1. The minimum Gasteiger partial charge on any atom is -0.305 e. The summed E-state index contributed by atoms with van der Waals surface area (Å²) in [6.07, 6.45) is 1.66. The summed E-state index contributed by atoms with van der Waals surface area (Å²) in [6, 6.07) is 13.5. The average Bonchev–Trinajstić information content (AvgIpc) is 3.31. The maximum Gasteiger partial charge on any atom is 0.256 e. The molecule has 164 valence electrons. The number of anilines is 1. The molecule has 0 aliphatic carbocycles. The van der Waals surface area contributed by atoms with E-state index in [1.54, 1.807) is 36.5 Å². The van der Waals surface area contributed by atoms with Crippen LogP contribution < -0.4 is 5.32 Å². The molecular weight excluding hydrogens is 497 g/mol. The number of amides is 1. The van der Waals surface area contributed by atoms with Crippen molar-refractivity contribution < 1.29 is 9.18 Å². The van der Waals surface area contributed by atoms with E-state index in [4.69, 9.17) is 11.6 Å². The summed E-state index contributed by atoms with van der Waals surface area (Å²) in [6.45, 7) is 4.74. The molecule has 4 rings (SSSR count). The van der Waals surface area contributed by atoms with E-state index in [9.17, 15) is 9.18 Å². The number of rotatable bonds is 6. The van der Waals surface area contributed by atoms with Crippen molar-refractivity contribution in [2.45, 2.75) is 26.9 Å². The van der Waals surface area contributed by atoms with E-state index in [2.05, 4.69) is 31.4 Å². The van der Waals surface area contributed by atoms with Crippen molar-refractivity contribution >= 4 is 39.3 Å². The van der Waals surface area contributed by atoms with E-state index in [1.165, 1.54) is 10.7 Å². The molecule has 9 heteroatoms. The number of hydrogen-bond acceptors (Lipinski definition) is 3. The SMILES string of the molecule is Cc1nn(Cc2ccc(C(=O)Nc3ccn(Cc4c(F)cccc4Cl)n3)cc2)c(C)c1Br. The Morgan fingerprint density at radius 3 is 2.50 bits per heavy atom. The predicted octanol–water partition coefficient (Wildman–Crippen LogP) is 5.60. The van der Waals surface area contributed by atoms with Gasteiger partial charge in [0, 0.05) is 28.4 Å². The highest BCUT2D eigenvalue weighted by molar-refractivity contribution is 9.10. The van der Waals surface area contributed by atoms with Crippen molar-refractivity contribution in [3.05, 3.63) is 98.1 Å². The molecule has 0 saturated carbocycles. The van der Waals surface area contributed by atoms with Crippen LogP contribution in [0.15, 0.2) is 59.2 Å². The van der Waals surface area contributed by atoms with Crippen LogP contribution in [0.2, 0.25) is 5.02 Å². The second-order valence-corrected chi connectivity index (χ2v) is 8.59. The van der Waals surface area contributed by atoms with Crippen LogP contribution in [-0.4, -0.2) is 25.5 Å². The first kappa shape index (κ1) is 22.2. The Balaban J connectivity index is 1.40. The maximum atomic E-state index is 14.0. The third kappa shape index (κ3) is 4.76. The number of carbonyl (C=O) groups excluding carboxylic acids is 1. The Kier molecular flexibility index (Phi) is 6.43. The number of halogens is 3. The van der Waals surface area contributed by atoms with E-state index in [1.807, 2.05) is 30.7 Å². The maximum absolute atomic E-state index is 14.0. The van der Waals surface area contributed by atoms with Gasteiger partial charge in [-0.05, 0) is 59.6 Å². The Morgan fingerprint density at radius 2 is 1.84 bits per heavy atom. The fourth-order valence-electron chi connectivity index (χ4n) is 3.31. The zero-order valence-electron chi connectivity index (χ0n) is 17.4. The lowest BCUT2D eigenvalue weighted by Gasteiger charge is -2.07. The largest absolute Gasteiger partial charge is 0.305 e. The topological polar surface area (TPSA) is 64.7 Å². The van der Waals surface area contributed by atoms with Crippen LogP contribution in [0.1, 0.15) is 32.9 Å². The Morgan fingerprint density at radius 1 is 1.09 bits per heavy atom. The second-order valence-electron chi connectivity index (χ2n) is 7.39. The van der Waals surface area contributed by atoms with Crippen LogP contribution in [-0.2, 0) is 13.1 Å². The number of benzene rings is 2. The standard InChI is InChI=1S/C23H20BrClFN5O/c1-14-22(24)15(2)31(28-14)12-16-6-8-17(9-7-16)23(32)27-21-10-11-30(29-21)13-18-19(25)4-3-5-20(18)26/h3-11H,12-13H2,1-2H3,(H,27,29,32). The molecule has 2 aromatic carbocycles. The average molecular weight is 517 g/mol. The van der Waals surface area contributed by atoms with E-state index in [0.717, 1.165) is 21.4 Å². The van der Waals surface area contributed by atoms with Crippen LogP contribution in [0.3, 0.4) is 0 Å². The van der Waals surface area contributed by atoms with E-state index in [-0.39, 0.29) is 12.5 Å². The van der Waals surface area contributed by atoms with E-state index in [0.29, 0.717) is 28.5 Å². The highest BCUT2D eigenvalue weighted by atomic mass is 79.9. The monoisotopic (exact) mass is 515 g/mol. The van der Waals surface area contributed by atoms with Crippen LogP contribution in [0, 0.1) is 19.7 Å². The fourth-order valence-corrected chi connectivity index (χ4v) is 3.82. The van der Waals surface area contributed by atoms with Crippen molar-refractivity contribution in [3.8, 4) is 0 Å². The minimum absolute atomic E-state index is 0.165. The summed E-state index contributed by atoms with van der Waals surface area (Å²) < 4.78 is 18.4. The van der Waals surface area contributed by atoms with Gasteiger partial charge in [-0.25, -0.2) is 4.39 Å². The Labute approximate surface area is 198 Å². The zero-order chi connectivity index (χ0) is 22.8. The van der Waals surface area contributed by atoms with Gasteiger partial charge in [0.15, 0.2) is 5.82 Å². The molecule has 0 aliphatic heterocycles. The molecule has 4 aromatic rings. The third-order valence-electron chi connectivity index (χ3n) is 5.11. The van der Waals surface area contributed by atoms with Gasteiger partial charge in [0.1, 0.15) is 5.82 Å². The molecule has 0 fully saturated rings. The van der Waals surface area contributed by atoms with Gasteiger partial charge in [0.05, 0.1) is 29.0 Å². The molecule has 0 radical (unpaired) electrons. The molecule has 0 atom stereocenters. The first-order valence-corrected chi connectivity index (χ1v) is 11.0. The van der Waals surface area contributed by atoms with Gasteiger partial charge in [-0.15, -0.1) is 0 Å². The lowest BCUT2D eigenvalue weighted by atomic mass is 10.1. The number of carbonyl (C=O) groups is 1. The lowest BCUT2D eigenvalue weighted by Crippen LogP contribution is -2.13. The zero-order valence-corrected chi connectivity index (χ0v) is 19.8. The summed E-state index contributed by atoms with van der Waals surface area (Å²) >= 11 is 9.61. The molecular formula is C23H20BrClFN5O. The van der Waals surface area contributed by atoms with Crippen LogP contribution in [0.4, 0.5) is 10.2 Å². The molecule has 0 unspecified atom stereocenters. The number of nitrogens with zero attached hydrogens (tertiary/aromatic N) is 4. The summed E-state index contributed by atoms with van der Waals surface area (Å²) in [7, 11) is 0. The molecule has 6 nitrogen and oxygen atoms in total. The number of aromatic nitrogens is 4. The van der Waals surface area contributed by atoms with Crippen molar-refractivity contribution in [1.29, 1.82) is 0 Å². The van der Waals surface area contributed by atoms with Crippen LogP contribution in [0.5, 0.6) is 0 Å². The summed E-state index contributed by atoms with van der Waals surface area (Å²) in [5.41, 5.74) is 3.88. The van der Waals surface area contributed by atoms with Crippen LogP contribution in [0.25, 0.3) is 0 Å². The van der Waals surface area contributed by atoms with Gasteiger partial charge in [0.25, 0.3) is 5.91 Å². The Bertz CT molecular complexity index is 1260.